The Morgan fingerprint density at radius 3 is 2.37 bits per heavy atom. The Balaban J connectivity index is 2.09. The van der Waals surface area contributed by atoms with Crippen LogP contribution in [0.3, 0.4) is 0 Å². The SMILES string of the molecule is CC(Nc1ccc(Cl)cc1)c1nc(C(C)(C)C)no1. The molecule has 5 heteroatoms. The molecule has 1 aromatic heterocycles. The maximum absolute atomic E-state index is 5.85. The van der Waals surface area contributed by atoms with Crippen molar-refractivity contribution in [2.24, 2.45) is 0 Å². The van der Waals surface area contributed by atoms with Crippen LogP contribution >= 0.6 is 11.6 Å². The van der Waals surface area contributed by atoms with Crippen LogP contribution in [-0.2, 0) is 5.41 Å². The van der Waals surface area contributed by atoms with Gasteiger partial charge in [0.1, 0.15) is 6.04 Å². The molecule has 0 fully saturated rings. The van der Waals surface area contributed by atoms with Crippen molar-refractivity contribution in [3.63, 3.8) is 0 Å². The van der Waals surface area contributed by atoms with Crippen LogP contribution in [0.5, 0.6) is 0 Å². The van der Waals surface area contributed by atoms with Crippen molar-refractivity contribution < 1.29 is 4.52 Å². The van der Waals surface area contributed by atoms with Crippen LogP contribution in [0, 0.1) is 0 Å². The van der Waals surface area contributed by atoms with E-state index in [0.29, 0.717) is 16.7 Å². The number of hydrogen-bond acceptors (Lipinski definition) is 4. The number of benzene rings is 1. The summed E-state index contributed by atoms with van der Waals surface area (Å²) in [6, 6.07) is 7.46. The van der Waals surface area contributed by atoms with Gasteiger partial charge in [-0.3, -0.25) is 0 Å². The Morgan fingerprint density at radius 2 is 1.84 bits per heavy atom. The highest BCUT2D eigenvalue weighted by atomic mass is 35.5. The maximum Gasteiger partial charge on any atom is 0.248 e. The molecular weight excluding hydrogens is 262 g/mol. The molecule has 2 aromatic rings. The lowest BCUT2D eigenvalue weighted by molar-refractivity contribution is 0.354. The van der Waals surface area contributed by atoms with Gasteiger partial charge in [-0.2, -0.15) is 4.98 Å². The average Bonchev–Trinajstić information content (AvgIpc) is 2.81. The summed E-state index contributed by atoms with van der Waals surface area (Å²) in [6.07, 6.45) is 0. The predicted molar refractivity (Wildman–Crippen MR) is 76.5 cm³/mol. The molecule has 0 amide bonds. The predicted octanol–water partition coefficient (Wildman–Crippen LogP) is 4.19. The van der Waals surface area contributed by atoms with Gasteiger partial charge in [-0.05, 0) is 31.2 Å². The van der Waals surface area contributed by atoms with Crippen molar-refractivity contribution in [3.05, 3.63) is 41.0 Å². The Bertz CT molecular complexity index is 543. The Kier molecular flexibility index (Phi) is 3.80. The van der Waals surface area contributed by atoms with Crippen molar-refractivity contribution in [3.8, 4) is 0 Å². The molecule has 1 unspecified atom stereocenters. The zero-order valence-corrected chi connectivity index (χ0v) is 12.3. The Hall–Kier alpha value is -1.55. The second-order valence-electron chi connectivity index (χ2n) is 5.58. The second kappa shape index (κ2) is 5.21. The molecule has 0 saturated carbocycles. The van der Waals surface area contributed by atoms with Crippen molar-refractivity contribution >= 4 is 17.3 Å². The molecular formula is C14H18ClN3O. The molecule has 1 atom stereocenters. The van der Waals surface area contributed by atoms with Crippen LogP contribution in [0.1, 0.15) is 45.5 Å². The molecule has 0 bridgehead atoms. The van der Waals surface area contributed by atoms with E-state index in [1.807, 2.05) is 31.2 Å². The van der Waals surface area contributed by atoms with E-state index in [2.05, 4.69) is 36.2 Å². The molecule has 0 spiro atoms. The standard InChI is InChI=1S/C14H18ClN3O/c1-9(16-11-7-5-10(15)6-8-11)12-17-13(18-19-12)14(2,3)4/h5-9,16H,1-4H3. The quantitative estimate of drug-likeness (QED) is 0.915. The molecule has 1 heterocycles. The van der Waals surface area contributed by atoms with Crippen molar-refractivity contribution in [2.45, 2.75) is 39.2 Å². The van der Waals surface area contributed by atoms with Gasteiger partial charge >= 0.3 is 0 Å². The molecule has 0 aliphatic heterocycles. The van der Waals surface area contributed by atoms with Crippen LogP contribution in [0.2, 0.25) is 5.02 Å². The lowest BCUT2D eigenvalue weighted by Crippen LogP contribution is -2.14. The van der Waals surface area contributed by atoms with Crippen molar-refractivity contribution in [2.75, 3.05) is 5.32 Å². The summed E-state index contributed by atoms with van der Waals surface area (Å²) in [5.41, 5.74) is 0.856. The number of aromatic nitrogens is 2. The first-order valence-corrected chi connectivity index (χ1v) is 6.60. The number of nitrogens with zero attached hydrogens (tertiary/aromatic N) is 2. The molecule has 0 saturated heterocycles. The van der Waals surface area contributed by atoms with Crippen LogP contribution in [0.25, 0.3) is 0 Å². The molecule has 19 heavy (non-hydrogen) atoms. The average molecular weight is 280 g/mol. The first kappa shape index (κ1) is 13.9. The third-order valence-corrected chi connectivity index (χ3v) is 2.96. The third kappa shape index (κ3) is 3.47. The number of halogens is 1. The molecule has 0 radical (unpaired) electrons. The number of nitrogens with one attached hydrogen (secondary N) is 1. The molecule has 2 rings (SSSR count). The van der Waals surface area contributed by atoms with Gasteiger partial charge in [0.05, 0.1) is 0 Å². The molecule has 0 aliphatic rings. The lowest BCUT2D eigenvalue weighted by Gasteiger charge is -2.12. The van der Waals surface area contributed by atoms with E-state index in [9.17, 15) is 0 Å². The maximum atomic E-state index is 5.85. The zero-order chi connectivity index (χ0) is 14.0. The minimum absolute atomic E-state index is 0.0511. The highest BCUT2D eigenvalue weighted by Gasteiger charge is 2.22. The van der Waals surface area contributed by atoms with Crippen LogP contribution in [0.15, 0.2) is 28.8 Å². The Morgan fingerprint density at radius 1 is 1.21 bits per heavy atom. The summed E-state index contributed by atoms with van der Waals surface area (Å²) in [5, 5.41) is 8.03. The minimum Gasteiger partial charge on any atom is -0.374 e. The van der Waals surface area contributed by atoms with Crippen LogP contribution in [0.4, 0.5) is 5.69 Å². The number of rotatable bonds is 3. The van der Waals surface area contributed by atoms with Crippen LogP contribution < -0.4 is 5.32 Å². The normalized spacial score (nSPS) is 13.3. The molecule has 102 valence electrons. The lowest BCUT2D eigenvalue weighted by atomic mass is 9.96. The third-order valence-electron chi connectivity index (χ3n) is 2.71. The van der Waals surface area contributed by atoms with Gasteiger partial charge in [0.15, 0.2) is 5.82 Å². The van der Waals surface area contributed by atoms with Crippen molar-refractivity contribution in [1.29, 1.82) is 0 Å². The van der Waals surface area contributed by atoms with Gasteiger partial charge < -0.3 is 9.84 Å². The van der Waals surface area contributed by atoms with Gasteiger partial charge in [0, 0.05) is 16.1 Å². The molecule has 1 aromatic carbocycles. The summed E-state index contributed by atoms with van der Waals surface area (Å²) >= 11 is 5.85. The molecule has 1 N–H and O–H groups in total. The summed E-state index contributed by atoms with van der Waals surface area (Å²) < 4.78 is 5.30. The van der Waals surface area contributed by atoms with Gasteiger partial charge in [0.2, 0.25) is 5.89 Å². The highest BCUT2D eigenvalue weighted by Crippen LogP contribution is 2.23. The summed E-state index contributed by atoms with van der Waals surface area (Å²) in [4.78, 5) is 4.43. The molecule has 0 aliphatic carbocycles. The van der Waals surface area contributed by atoms with E-state index in [-0.39, 0.29) is 11.5 Å². The summed E-state index contributed by atoms with van der Waals surface area (Å²) in [6.45, 7) is 8.14. The minimum atomic E-state index is -0.109. The smallest absolute Gasteiger partial charge is 0.248 e. The Labute approximate surface area is 118 Å². The van der Waals surface area contributed by atoms with Gasteiger partial charge in [-0.15, -0.1) is 0 Å². The fourth-order valence-electron chi connectivity index (χ4n) is 1.57. The fraction of sp³-hybridized carbons (Fsp3) is 0.429. The van der Waals surface area contributed by atoms with Crippen molar-refractivity contribution in [1.82, 2.24) is 10.1 Å². The highest BCUT2D eigenvalue weighted by molar-refractivity contribution is 6.30. The van der Waals surface area contributed by atoms with E-state index in [4.69, 9.17) is 16.1 Å². The van der Waals surface area contributed by atoms with Gasteiger partial charge in [-0.25, -0.2) is 0 Å². The topological polar surface area (TPSA) is 51.0 Å². The largest absolute Gasteiger partial charge is 0.374 e. The fourth-order valence-corrected chi connectivity index (χ4v) is 1.70. The second-order valence-corrected chi connectivity index (χ2v) is 6.02. The zero-order valence-electron chi connectivity index (χ0n) is 11.6. The summed E-state index contributed by atoms with van der Waals surface area (Å²) in [7, 11) is 0. The number of hydrogen-bond donors (Lipinski definition) is 1. The van der Waals surface area contributed by atoms with Crippen LogP contribution in [-0.4, -0.2) is 10.1 Å². The van der Waals surface area contributed by atoms with E-state index in [1.54, 1.807) is 0 Å². The van der Waals surface area contributed by atoms with Gasteiger partial charge in [0.25, 0.3) is 0 Å². The first-order chi connectivity index (χ1) is 8.86. The number of anilines is 1. The first-order valence-electron chi connectivity index (χ1n) is 6.22. The van der Waals surface area contributed by atoms with Gasteiger partial charge in [-0.1, -0.05) is 37.5 Å². The van der Waals surface area contributed by atoms with E-state index >= 15 is 0 Å². The van der Waals surface area contributed by atoms with E-state index in [0.717, 1.165) is 5.69 Å². The monoisotopic (exact) mass is 279 g/mol. The van der Waals surface area contributed by atoms with E-state index < -0.39 is 0 Å². The van der Waals surface area contributed by atoms with E-state index in [1.165, 1.54) is 0 Å². The molecule has 4 nitrogen and oxygen atoms in total. The summed E-state index contributed by atoms with van der Waals surface area (Å²) in [5.74, 6) is 1.30.